The molecule has 2 unspecified atom stereocenters. The summed E-state index contributed by atoms with van der Waals surface area (Å²) < 4.78 is 20.0. The van der Waals surface area contributed by atoms with Crippen LogP contribution in [0.25, 0.3) is 0 Å². The molecule has 32 heavy (non-hydrogen) atoms. The van der Waals surface area contributed by atoms with E-state index in [1.807, 2.05) is 6.07 Å². The number of cyclic esters (lactones) is 1. The number of amides is 2. The van der Waals surface area contributed by atoms with Gasteiger partial charge in [0.15, 0.2) is 5.78 Å². The number of nitrogens with one attached hydrogen (secondary N) is 2. The Morgan fingerprint density at radius 3 is 2.69 bits per heavy atom. The lowest BCUT2D eigenvalue weighted by Gasteiger charge is -2.21. The predicted molar refractivity (Wildman–Crippen MR) is 117 cm³/mol. The van der Waals surface area contributed by atoms with Crippen molar-refractivity contribution in [1.29, 1.82) is 0 Å². The minimum atomic E-state index is -0.554. The Labute approximate surface area is 185 Å². The number of ketones is 1. The van der Waals surface area contributed by atoms with Gasteiger partial charge in [0, 0.05) is 36.4 Å². The van der Waals surface area contributed by atoms with Gasteiger partial charge in [-0.2, -0.15) is 0 Å². The van der Waals surface area contributed by atoms with Gasteiger partial charge in [-0.1, -0.05) is 36.4 Å². The number of hydrogen-bond donors (Lipinski definition) is 2. The van der Waals surface area contributed by atoms with Crippen LogP contribution in [0.4, 0.5) is 14.9 Å². The number of ether oxygens (including phenoxy) is 1. The van der Waals surface area contributed by atoms with Crippen LogP contribution in [0.5, 0.6) is 0 Å². The molecule has 2 saturated heterocycles. The zero-order chi connectivity index (χ0) is 22.5. The molecule has 0 radical (unpaired) electrons. The van der Waals surface area contributed by atoms with E-state index in [0.717, 1.165) is 13.0 Å². The molecule has 2 aromatic rings. The van der Waals surface area contributed by atoms with Crippen LogP contribution >= 0.6 is 0 Å². The van der Waals surface area contributed by atoms with Crippen LogP contribution in [-0.2, 0) is 9.53 Å². The maximum absolute atomic E-state index is 14.6. The highest BCUT2D eigenvalue weighted by Crippen LogP contribution is 2.35. The number of anilines is 1. The topological polar surface area (TPSA) is 87.7 Å². The molecule has 0 bridgehead atoms. The molecule has 2 heterocycles. The summed E-state index contributed by atoms with van der Waals surface area (Å²) in [4.78, 5) is 38.2. The van der Waals surface area contributed by atoms with Crippen LogP contribution in [0.1, 0.15) is 41.1 Å². The first kappa shape index (κ1) is 22.0. The third-order valence-corrected chi connectivity index (χ3v) is 5.87. The summed E-state index contributed by atoms with van der Waals surface area (Å²) in [5.41, 5.74) is 1.62. The van der Waals surface area contributed by atoms with Crippen molar-refractivity contribution in [3.8, 4) is 0 Å². The van der Waals surface area contributed by atoms with Crippen molar-refractivity contribution in [3.05, 3.63) is 65.5 Å². The van der Waals surface area contributed by atoms with Gasteiger partial charge in [-0.15, -0.1) is 0 Å². The molecule has 168 valence electrons. The number of Topliss-reactive ketones (excluding diaryl/α,β-unsaturated/α-hetero) is 1. The largest absolute Gasteiger partial charge is 0.442 e. The Morgan fingerprint density at radius 1 is 1.12 bits per heavy atom. The summed E-state index contributed by atoms with van der Waals surface area (Å²) in [7, 11) is 0. The molecule has 0 spiro atoms. The summed E-state index contributed by atoms with van der Waals surface area (Å²) in [6.45, 7) is 1.83. The van der Waals surface area contributed by atoms with Crippen molar-refractivity contribution in [1.82, 2.24) is 10.6 Å². The van der Waals surface area contributed by atoms with Gasteiger partial charge >= 0.3 is 6.09 Å². The monoisotopic (exact) mass is 439 g/mol. The van der Waals surface area contributed by atoms with Crippen LogP contribution in [0, 0.1) is 5.82 Å². The van der Waals surface area contributed by atoms with Gasteiger partial charge in [-0.05, 0) is 25.1 Å². The van der Waals surface area contributed by atoms with Crippen LogP contribution in [0.2, 0.25) is 0 Å². The molecule has 0 aliphatic carbocycles. The summed E-state index contributed by atoms with van der Waals surface area (Å²) >= 11 is 0. The fraction of sp³-hybridized carbons (Fsp3) is 0.375. The summed E-state index contributed by atoms with van der Waals surface area (Å²) in [6, 6.07) is 13.5. The number of nitrogens with zero attached hydrogens (tertiary/aromatic N) is 1. The second-order valence-electron chi connectivity index (χ2n) is 8.07. The van der Waals surface area contributed by atoms with Gasteiger partial charge < -0.3 is 15.4 Å². The first-order valence-corrected chi connectivity index (χ1v) is 10.8. The first-order chi connectivity index (χ1) is 15.5. The van der Waals surface area contributed by atoms with Crippen LogP contribution in [-0.4, -0.2) is 50.1 Å². The van der Waals surface area contributed by atoms with Gasteiger partial charge in [-0.3, -0.25) is 14.5 Å². The number of carbonyl (C=O) groups excluding carboxylic acids is 3. The Hall–Kier alpha value is -3.26. The van der Waals surface area contributed by atoms with Crippen molar-refractivity contribution in [2.75, 3.05) is 31.1 Å². The van der Waals surface area contributed by atoms with Gasteiger partial charge in [0.25, 0.3) is 0 Å². The van der Waals surface area contributed by atoms with E-state index in [1.165, 1.54) is 11.0 Å². The average molecular weight is 439 g/mol. The molecular weight excluding hydrogens is 413 g/mol. The Morgan fingerprint density at radius 2 is 1.94 bits per heavy atom. The Balaban J connectivity index is 1.31. The molecule has 2 aromatic carbocycles. The first-order valence-electron chi connectivity index (χ1n) is 10.8. The molecule has 7 nitrogen and oxygen atoms in total. The quantitative estimate of drug-likeness (QED) is 0.618. The van der Waals surface area contributed by atoms with E-state index in [4.69, 9.17) is 4.74 Å². The number of hydrogen-bond acceptors (Lipinski definition) is 5. The molecule has 2 N–H and O–H groups in total. The normalized spacial score (nSPS) is 20.3. The second-order valence-corrected chi connectivity index (χ2v) is 8.07. The molecular formula is C24H26FN3O4. The zero-order valence-electron chi connectivity index (χ0n) is 17.7. The number of carbonyl (C=O) groups is 3. The minimum absolute atomic E-state index is 0.0000886. The third kappa shape index (κ3) is 4.96. The van der Waals surface area contributed by atoms with Crippen LogP contribution < -0.4 is 15.5 Å². The lowest BCUT2D eigenvalue weighted by Crippen LogP contribution is -2.35. The van der Waals surface area contributed by atoms with E-state index in [0.29, 0.717) is 23.4 Å². The van der Waals surface area contributed by atoms with Crippen molar-refractivity contribution < 1.29 is 23.5 Å². The van der Waals surface area contributed by atoms with Crippen molar-refractivity contribution >= 4 is 23.5 Å². The molecule has 2 aliphatic rings. The van der Waals surface area contributed by atoms with Gasteiger partial charge in [0.05, 0.1) is 18.8 Å². The fourth-order valence-corrected chi connectivity index (χ4v) is 4.20. The van der Waals surface area contributed by atoms with Crippen LogP contribution in [0.3, 0.4) is 0 Å². The zero-order valence-corrected chi connectivity index (χ0v) is 17.7. The molecule has 4 rings (SSSR count). The second kappa shape index (κ2) is 9.91. The van der Waals surface area contributed by atoms with Gasteiger partial charge in [0.2, 0.25) is 5.91 Å². The summed E-state index contributed by atoms with van der Waals surface area (Å²) in [5, 5.41) is 5.95. The smallest absolute Gasteiger partial charge is 0.414 e. The van der Waals surface area contributed by atoms with E-state index >= 15 is 0 Å². The highest BCUT2D eigenvalue weighted by molar-refractivity contribution is 5.98. The Kier molecular flexibility index (Phi) is 6.80. The maximum atomic E-state index is 14.6. The predicted octanol–water partition coefficient (Wildman–Crippen LogP) is 3.01. The number of halogens is 1. The van der Waals surface area contributed by atoms with Gasteiger partial charge in [-0.25, -0.2) is 9.18 Å². The van der Waals surface area contributed by atoms with Gasteiger partial charge in [0.1, 0.15) is 11.9 Å². The molecule has 2 atom stereocenters. The van der Waals surface area contributed by atoms with Crippen LogP contribution in [0.15, 0.2) is 48.5 Å². The standard InChI is InChI=1S/C24H26FN3O4/c25-19-7-4-8-20(23(19)17-11-12-26-13-17)28-15-18(32-24(28)31)14-27-22(30)10-9-21(29)16-5-2-1-3-6-16/h1-8,17-18,26H,9-15H2,(H,27,30). The molecule has 0 saturated carbocycles. The lowest BCUT2D eigenvalue weighted by atomic mass is 9.95. The Bertz CT molecular complexity index is 992. The van der Waals surface area contributed by atoms with Crippen molar-refractivity contribution in [2.24, 2.45) is 0 Å². The summed E-state index contributed by atoms with van der Waals surface area (Å²) in [6.07, 6.45) is -0.136. The van der Waals surface area contributed by atoms with E-state index in [2.05, 4.69) is 10.6 Å². The molecule has 8 heteroatoms. The highest BCUT2D eigenvalue weighted by Gasteiger charge is 2.36. The van der Waals surface area contributed by atoms with Crippen molar-refractivity contribution in [2.45, 2.75) is 31.3 Å². The third-order valence-electron chi connectivity index (χ3n) is 5.87. The maximum Gasteiger partial charge on any atom is 0.414 e. The van der Waals surface area contributed by atoms with Crippen molar-refractivity contribution in [3.63, 3.8) is 0 Å². The number of benzene rings is 2. The van der Waals surface area contributed by atoms with E-state index < -0.39 is 12.2 Å². The average Bonchev–Trinajstić information content (AvgIpc) is 3.46. The molecule has 2 aliphatic heterocycles. The minimum Gasteiger partial charge on any atom is -0.442 e. The lowest BCUT2D eigenvalue weighted by molar-refractivity contribution is -0.121. The SMILES string of the molecule is O=C(CCC(=O)c1ccccc1)NCC1CN(c2cccc(F)c2C2CCNC2)C(=O)O1. The summed E-state index contributed by atoms with van der Waals surface area (Å²) in [5.74, 6) is -0.713. The molecule has 0 aromatic heterocycles. The molecule has 2 fully saturated rings. The number of rotatable bonds is 8. The van der Waals surface area contributed by atoms with E-state index in [-0.39, 0.29) is 49.4 Å². The molecule has 2 amide bonds. The fourth-order valence-electron chi connectivity index (χ4n) is 4.20. The van der Waals surface area contributed by atoms with E-state index in [1.54, 1.807) is 36.4 Å². The van der Waals surface area contributed by atoms with E-state index in [9.17, 15) is 18.8 Å². The highest BCUT2D eigenvalue weighted by atomic mass is 19.1.